The van der Waals surface area contributed by atoms with Gasteiger partial charge in [0, 0.05) is 28.5 Å². The van der Waals surface area contributed by atoms with Gasteiger partial charge in [-0.2, -0.15) is 0 Å². The van der Waals surface area contributed by atoms with Crippen LogP contribution in [-0.2, 0) is 12.8 Å². The van der Waals surface area contributed by atoms with Crippen LogP contribution in [0.5, 0.6) is 0 Å². The summed E-state index contributed by atoms with van der Waals surface area (Å²) in [6.45, 7) is 5.17. The molecule has 2 nitrogen and oxygen atoms in total. The molecule has 0 bridgehead atoms. The SMILES string of the molecule is CCNC(Cc1ccc(Cl)cc1Cl)c1ccncc1CC. The summed E-state index contributed by atoms with van der Waals surface area (Å²) < 4.78 is 0. The maximum absolute atomic E-state index is 6.31. The van der Waals surface area contributed by atoms with Gasteiger partial charge in [0.2, 0.25) is 0 Å². The Morgan fingerprint density at radius 1 is 1.14 bits per heavy atom. The highest BCUT2D eigenvalue weighted by molar-refractivity contribution is 6.35. The Bertz CT molecular complexity index is 599. The van der Waals surface area contributed by atoms with Gasteiger partial charge in [-0.3, -0.25) is 4.98 Å². The highest BCUT2D eigenvalue weighted by atomic mass is 35.5. The zero-order valence-corrected chi connectivity index (χ0v) is 13.9. The van der Waals surface area contributed by atoms with Gasteiger partial charge in [-0.05, 0) is 54.3 Å². The fraction of sp³-hybridized carbons (Fsp3) is 0.353. The van der Waals surface area contributed by atoms with E-state index in [0.717, 1.165) is 30.0 Å². The van der Waals surface area contributed by atoms with Crippen LogP contribution in [0.15, 0.2) is 36.7 Å². The highest BCUT2D eigenvalue weighted by Crippen LogP contribution is 2.27. The first-order valence-electron chi connectivity index (χ1n) is 7.25. The lowest BCUT2D eigenvalue weighted by atomic mass is 9.95. The first kappa shape index (κ1) is 16.3. The molecule has 0 aliphatic rings. The normalized spacial score (nSPS) is 12.4. The molecular formula is C17H20Cl2N2. The average molecular weight is 323 g/mol. The number of aromatic nitrogens is 1. The molecule has 1 heterocycles. The maximum Gasteiger partial charge on any atom is 0.0453 e. The Labute approximate surface area is 136 Å². The van der Waals surface area contributed by atoms with Crippen LogP contribution in [-0.4, -0.2) is 11.5 Å². The van der Waals surface area contributed by atoms with Crippen LogP contribution in [0.4, 0.5) is 0 Å². The van der Waals surface area contributed by atoms with E-state index in [-0.39, 0.29) is 6.04 Å². The molecule has 2 rings (SSSR count). The number of hydrogen-bond acceptors (Lipinski definition) is 2. The summed E-state index contributed by atoms with van der Waals surface area (Å²) in [7, 11) is 0. The van der Waals surface area contributed by atoms with Crippen molar-refractivity contribution >= 4 is 23.2 Å². The van der Waals surface area contributed by atoms with Crippen LogP contribution in [0.3, 0.4) is 0 Å². The van der Waals surface area contributed by atoms with E-state index in [9.17, 15) is 0 Å². The predicted molar refractivity (Wildman–Crippen MR) is 90.2 cm³/mol. The molecule has 0 aliphatic carbocycles. The zero-order valence-electron chi connectivity index (χ0n) is 12.4. The summed E-state index contributed by atoms with van der Waals surface area (Å²) in [6.07, 6.45) is 5.60. The quantitative estimate of drug-likeness (QED) is 0.822. The van der Waals surface area contributed by atoms with Crippen LogP contribution in [0.25, 0.3) is 0 Å². The van der Waals surface area contributed by atoms with Crippen molar-refractivity contribution in [2.24, 2.45) is 0 Å². The number of nitrogens with one attached hydrogen (secondary N) is 1. The molecule has 1 N–H and O–H groups in total. The average Bonchev–Trinajstić information content (AvgIpc) is 2.49. The standard InChI is InChI=1S/C17H20Cl2N2/c1-3-12-11-20-8-7-15(12)17(21-4-2)9-13-5-6-14(18)10-16(13)19/h5-8,10-11,17,21H,3-4,9H2,1-2H3. The molecule has 0 saturated carbocycles. The van der Waals surface area contributed by atoms with Crippen molar-refractivity contribution in [2.75, 3.05) is 6.54 Å². The number of likely N-dealkylation sites (N-methyl/N-ethyl adjacent to an activating group) is 1. The Morgan fingerprint density at radius 3 is 2.62 bits per heavy atom. The number of nitrogens with zero attached hydrogens (tertiary/aromatic N) is 1. The number of hydrogen-bond donors (Lipinski definition) is 1. The second-order valence-corrected chi connectivity index (χ2v) is 5.82. The fourth-order valence-electron chi connectivity index (χ4n) is 2.52. The predicted octanol–water partition coefficient (Wildman–Crippen LogP) is 4.84. The molecule has 4 heteroatoms. The van der Waals surface area contributed by atoms with Gasteiger partial charge in [0.15, 0.2) is 0 Å². The molecule has 0 saturated heterocycles. The molecule has 21 heavy (non-hydrogen) atoms. The first-order chi connectivity index (χ1) is 10.2. The largest absolute Gasteiger partial charge is 0.310 e. The molecule has 2 aromatic rings. The van der Waals surface area contributed by atoms with Crippen LogP contribution < -0.4 is 5.32 Å². The molecule has 1 unspecified atom stereocenters. The van der Waals surface area contributed by atoms with Crippen molar-refractivity contribution in [3.63, 3.8) is 0 Å². The summed E-state index contributed by atoms with van der Waals surface area (Å²) in [5.41, 5.74) is 3.67. The number of halogens is 2. The minimum absolute atomic E-state index is 0.228. The topological polar surface area (TPSA) is 24.9 Å². The Hall–Kier alpha value is -1.09. The molecular weight excluding hydrogens is 303 g/mol. The van der Waals surface area contributed by atoms with Crippen LogP contribution in [0.1, 0.15) is 36.6 Å². The third kappa shape index (κ3) is 4.19. The van der Waals surface area contributed by atoms with E-state index in [1.165, 1.54) is 11.1 Å². The van der Waals surface area contributed by atoms with E-state index >= 15 is 0 Å². The fourth-order valence-corrected chi connectivity index (χ4v) is 3.00. The van der Waals surface area contributed by atoms with E-state index in [0.29, 0.717) is 5.02 Å². The monoisotopic (exact) mass is 322 g/mol. The van der Waals surface area contributed by atoms with Gasteiger partial charge in [0.05, 0.1) is 0 Å². The van der Waals surface area contributed by atoms with Crippen molar-refractivity contribution in [2.45, 2.75) is 32.7 Å². The van der Waals surface area contributed by atoms with Crippen molar-refractivity contribution in [3.05, 3.63) is 63.4 Å². The van der Waals surface area contributed by atoms with Crippen molar-refractivity contribution in [1.82, 2.24) is 10.3 Å². The summed E-state index contributed by atoms with van der Waals surface area (Å²) in [5, 5.41) is 4.93. The number of benzene rings is 1. The van der Waals surface area contributed by atoms with E-state index in [1.807, 2.05) is 24.5 Å². The molecule has 0 fully saturated rings. The van der Waals surface area contributed by atoms with Gasteiger partial charge in [-0.25, -0.2) is 0 Å². The van der Waals surface area contributed by atoms with Crippen LogP contribution >= 0.6 is 23.2 Å². The van der Waals surface area contributed by atoms with Gasteiger partial charge in [0.1, 0.15) is 0 Å². The number of aryl methyl sites for hydroxylation is 1. The van der Waals surface area contributed by atoms with Crippen molar-refractivity contribution < 1.29 is 0 Å². The van der Waals surface area contributed by atoms with Crippen molar-refractivity contribution in [1.29, 1.82) is 0 Å². The van der Waals surface area contributed by atoms with Crippen LogP contribution in [0.2, 0.25) is 10.0 Å². The van der Waals surface area contributed by atoms with Gasteiger partial charge < -0.3 is 5.32 Å². The second-order valence-electron chi connectivity index (χ2n) is 4.98. The van der Waals surface area contributed by atoms with Crippen molar-refractivity contribution in [3.8, 4) is 0 Å². The molecule has 0 radical (unpaired) electrons. The summed E-state index contributed by atoms with van der Waals surface area (Å²) in [6, 6.07) is 8.01. The lowest BCUT2D eigenvalue weighted by molar-refractivity contribution is 0.545. The molecule has 1 aromatic heterocycles. The minimum Gasteiger partial charge on any atom is -0.310 e. The maximum atomic E-state index is 6.31. The van der Waals surface area contributed by atoms with Gasteiger partial charge in [-0.15, -0.1) is 0 Å². The molecule has 1 atom stereocenters. The van der Waals surface area contributed by atoms with Gasteiger partial charge in [0.25, 0.3) is 0 Å². The van der Waals surface area contributed by atoms with E-state index in [1.54, 1.807) is 6.07 Å². The molecule has 112 valence electrons. The minimum atomic E-state index is 0.228. The number of pyridine rings is 1. The van der Waals surface area contributed by atoms with E-state index in [2.05, 4.69) is 30.2 Å². The smallest absolute Gasteiger partial charge is 0.0453 e. The zero-order chi connectivity index (χ0) is 15.2. The van der Waals surface area contributed by atoms with Gasteiger partial charge in [-0.1, -0.05) is 43.1 Å². The van der Waals surface area contributed by atoms with E-state index in [4.69, 9.17) is 23.2 Å². The molecule has 1 aromatic carbocycles. The molecule has 0 spiro atoms. The van der Waals surface area contributed by atoms with Crippen LogP contribution in [0, 0.1) is 0 Å². The summed E-state index contributed by atoms with van der Waals surface area (Å²) >= 11 is 12.3. The number of rotatable bonds is 6. The second kappa shape index (κ2) is 7.79. The summed E-state index contributed by atoms with van der Waals surface area (Å²) in [5.74, 6) is 0. The Morgan fingerprint density at radius 2 is 1.95 bits per heavy atom. The third-order valence-electron chi connectivity index (χ3n) is 3.59. The lowest BCUT2D eigenvalue weighted by Gasteiger charge is -2.21. The molecule has 0 aliphatic heterocycles. The highest BCUT2D eigenvalue weighted by Gasteiger charge is 2.16. The molecule has 0 amide bonds. The lowest BCUT2D eigenvalue weighted by Crippen LogP contribution is -2.24. The first-order valence-corrected chi connectivity index (χ1v) is 8.01. The third-order valence-corrected chi connectivity index (χ3v) is 4.17. The van der Waals surface area contributed by atoms with Gasteiger partial charge >= 0.3 is 0 Å². The Balaban J connectivity index is 2.30. The van der Waals surface area contributed by atoms with E-state index < -0.39 is 0 Å². The Kier molecular flexibility index (Phi) is 6.04. The summed E-state index contributed by atoms with van der Waals surface area (Å²) in [4.78, 5) is 4.22.